The minimum Gasteiger partial charge on any atom is -0.376 e. The maximum atomic E-state index is 5.37. The van der Waals surface area contributed by atoms with Gasteiger partial charge in [-0.05, 0) is 30.4 Å². The highest BCUT2D eigenvalue weighted by Gasteiger charge is 1.93. The van der Waals surface area contributed by atoms with Crippen molar-refractivity contribution >= 4 is 35.6 Å². The fourth-order valence-electron chi connectivity index (χ4n) is 1.04. The van der Waals surface area contributed by atoms with Crippen molar-refractivity contribution in [2.45, 2.75) is 6.42 Å². The van der Waals surface area contributed by atoms with Crippen molar-refractivity contribution in [1.29, 1.82) is 0 Å². The molecule has 1 aromatic carbocycles. The molecule has 0 bridgehead atoms. The Kier molecular flexibility index (Phi) is 5.02. The summed E-state index contributed by atoms with van der Waals surface area (Å²) in [6.07, 6.45) is 0.788. The van der Waals surface area contributed by atoms with Crippen LogP contribution in [0.25, 0.3) is 0 Å². The molecule has 4 heteroatoms. The lowest BCUT2D eigenvalue weighted by Gasteiger charge is -2.02. The van der Waals surface area contributed by atoms with Gasteiger partial charge in [-0.25, -0.2) is 0 Å². The molecule has 0 aliphatic carbocycles. The molecule has 0 saturated heterocycles. The number of thiocarbonyl (C=S) groups is 1. The second kappa shape index (κ2) is 6.33. The van der Waals surface area contributed by atoms with Crippen LogP contribution in [-0.4, -0.2) is 10.9 Å². The Morgan fingerprint density at radius 1 is 1.53 bits per heavy atom. The molecule has 0 unspecified atom stereocenters. The van der Waals surface area contributed by atoms with Crippen LogP contribution in [0.4, 0.5) is 5.69 Å². The molecule has 0 radical (unpaired) electrons. The topological polar surface area (TPSA) is 38.0 Å². The number of hydrogen-bond donors (Lipinski definition) is 3. The summed E-state index contributed by atoms with van der Waals surface area (Å²) in [4.78, 5) is 0. The highest BCUT2D eigenvalue weighted by molar-refractivity contribution is 7.80. The fourth-order valence-corrected chi connectivity index (χ4v) is 1.27. The average Bonchev–Trinajstić information content (AvgIpc) is 2.18. The van der Waals surface area contributed by atoms with Crippen molar-refractivity contribution in [3.8, 4) is 11.8 Å². The van der Waals surface area contributed by atoms with Crippen LogP contribution in [0.5, 0.6) is 0 Å². The number of anilines is 1. The van der Waals surface area contributed by atoms with E-state index in [1.165, 1.54) is 0 Å². The summed E-state index contributed by atoms with van der Waals surface area (Å²) in [6, 6.07) is 7.65. The second-order valence-electron chi connectivity index (χ2n) is 2.85. The number of rotatable bonds is 2. The van der Waals surface area contributed by atoms with Crippen LogP contribution in [-0.2, 0) is 0 Å². The van der Waals surface area contributed by atoms with Gasteiger partial charge < -0.3 is 11.1 Å². The van der Waals surface area contributed by atoms with E-state index in [-0.39, 0.29) is 5.11 Å². The summed E-state index contributed by atoms with van der Waals surface area (Å²) in [5, 5.41) is 3.12. The first-order valence-corrected chi connectivity index (χ1v) is 5.52. The van der Waals surface area contributed by atoms with E-state index >= 15 is 0 Å². The zero-order valence-electron chi connectivity index (χ0n) is 8.16. The van der Waals surface area contributed by atoms with Crippen molar-refractivity contribution < 1.29 is 0 Å². The minimum absolute atomic E-state index is 0.260. The van der Waals surface area contributed by atoms with Crippen molar-refractivity contribution in [3.63, 3.8) is 0 Å². The first kappa shape index (κ1) is 11.9. The van der Waals surface area contributed by atoms with Gasteiger partial charge in [0.25, 0.3) is 0 Å². The molecule has 1 aromatic rings. The molecule has 0 aromatic heterocycles. The zero-order valence-corrected chi connectivity index (χ0v) is 9.87. The molecule has 1 rings (SSSR count). The van der Waals surface area contributed by atoms with E-state index in [9.17, 15) is 0 Å². The largest absolute Gasteiger partial charge is 0.376 e. The SMILES string of the molecule is NC(=S)Nc1cccc(C#CCCS)c1. The molecule has 0 fully saturated rings. The molecule has 78 valence electrons. The van der Waals surface area contributed by atoms with E-state index in [0.717, 1.165) is 23.4 Å². The Labute approximate surface area is 101 Å². The highest BCUT2D eigenvalue weighted by Crippen LogP contribution is 2.09. The van der Waals surface area contributed by atoms with E-state index in [1.807, 2.05) is 24.3 Å². The predicted molar refractivity (Wildman–Crippen MR) is 72.2 cm³/mol. The Hall–Kier alpha value is -1.18. The molecule has 0 spiro atoms. The fraction of sp³-hybridized carbons (Fsp3) is 0.182. The molecule has 0 aliphatic heterocycles. The van der Waals surface area contributed by atoms with Gasteiger partial charge in [-0.3, -0.25) is 0 Å². The van der Waals surface area contributed by atoms with E-state index in [4.69, 9.17) is 18.0 Å². The standard InChI is InChI=1S/C11H12N2S2/c12-11(15)13-10-6-3-5-9(8-10)4-1-2-7-14/h3,5-6,8,14H,2,7H2,(H3,12,13,15). The van der Waals surface area contributed by atoms with Crippen LogP contribution in [0, 0.1) is 11.8 Å². The van der Waals surface area contributed by atoms with Crippen molar-refractivity contribution in [2.75, 3.05) is 11.1 Å². The molecule has 0 heterocycles. The van der Waals surface area contributed by atoms with E-state index in [0.29, 0.717) is 0 Å². The Morgan fingerprint density at radius 2 is 2.33 bits per heavy atom. The van der Waals surface area contributed by atoms with Crippen molar-refractivity contribution in [2.24, 2.45) is 5.73 Å². The lowest BCUT2D eigenvalue weighted by molar-refractivity contribution is 1.31. The molecule has 2 nitrogen and oxygen atoms in total. The first-order valence-electron chi connectivity index (χ1n) is 4.48. The summed E-state index contributed by atoms with van der Waals surface area (Å²) in [7, 11) is 0. The van der Waals surface area contributed by atoms with E-state index in [2.05, 4.69) is 29.8 Å². The molecule has 3 N–H and O–H groups in total. The van der Waals surface area contributed by atoms with E-state index in [1.54, 1.807) is 0 Å². The van der Waals surface area contributed by atoms with Crippen LogP contribution in [0.2, 0.25) is 0 Å². The maximum Gasteiger partial charge on any atom is 0.168 e. The number of nitrogens with two attached hydrogens (primary N) is 1. The maximum absolute atomic E-state index is 5.37. The van der Waals surface area contributed by atoms with Gasteiger partial charge in [0.05, 0.1) is 0 Å². The first-order chi connectivity index (χ1) is 7.22. The van der Waals surface area contributed by atoms with Crippen LogP contribution < -0.4 is 11.1 Å². The second-order valence-corrected chi connectivity index (χ2v) is 3.73. The number of nitrogens with one attached hydrogen (secondary N) is 1. The smallest absolute Gasteiger partial charge is 0.168 e. The molecule has 0 amide bonds. The summed E-state index contributed by atoms with van der Waals surface area (Å²) in [6.45, 7) is 0. The molecule has 0 atom stereocenters. The van der Waals surface area contributed by atoms with E-state index < -0.39 is 0 Å². The molecular weight excluding hydrogens is 224 g/mol. The van der Waals surface area contributed by atoms with Crippen LogP contribution in [0.3, 0.4) is 0 Å². The van der Waals surface area contributed by atoms with Gasteiger partial charge in [0.1, 0.15) is 0 Å². The molecular formula is C11H12N2S2. The Morgan fingerprint density at radius 3 is 3.00 bits per heavy atom. The zero-order chi connectivity index (χ0) is 11.1. The van der Waals surface area contributed by atoms with Gasteiger partial charge in [-0.1, -0.05) is 17.9 Å². The lowest BCUT2D eigenvalue weighted by atomic mass is 10.2. The summed E-state index contributed by atoms with van der Waals surface area (Å²) in [5.41, 5.74) is 7.17. The van der Waals surface area contributed by atoms with Crippen molar-refractivity contribution in [3.05, 3.63) is 29.8 Å². The van der Waals surface area contributed by atoms with Gasteiger partial charge >= 0.3 is 0 Å². The molecule has 0 saturated carbocycles. The van der Waals surface area contributed by atoms with Crippen LogP contribution in [0.1, 0.15) is 12.0 Å². The summed E-state index contributed by atoms with van der Waals surface area (Å²) in [5.74, 6) is 6.83. The van der Waals surface area contributed by atoms with Gasteiger partial charge in [0.2, 0.25) is 0 Å². The number of benzene rings is 1. The average molecular weight is 236 g/mol. The Bertz CT molecular complexity index is 405. The highest BCUT2D eigenvalue weighted by atomic mass is 32.1. The Balaban J connectivity index is 2.75. The van der Waals surface area contributed by atoms with Gasteiger partial charge in [0, 0.05) is 23.4 Å². The third-order valence-electron chi connectivity index (χ3n) is 1.60. The van der Waals surface area contributed by atoms with Crippen LogP contribution >= 0.6 is 24.8 Å². The molecule has 15 heavy (non-hydrogen) atoms. The number of thiol groups is 1. The van der Waals surface area contributed by atoms with Crippen LogP contribution in [0.15, 0.2) is 24.3 Å². The molecule has 0 aliphatic rings. The third-order valence-corrected chi connectivity index (χ3v) is 1.93. The summed E-state index contributed by atoms with van der Waals surface area (Å²) < 4.78 is 0. The quantitative estimate of drug-likeness (QED) is 0.418. The predicted octanol–water partition coefficient (Wildman–Crippen LogP) is 2.01. The lowest BCUT2D eigenvalue weighted by Crippen LogP contribution is -2.18. The van der Waals surface area contributed by atoms with Gasteiger partial charge in [-0.2, -0.15) is 12.6 Å². The van der Waals surface area contributed by atoms with Gasteiger partial charge in [-0.15, -0.1) is 0 Å². The number of hydrogen-bond acceptors (Lipinski definition) is 2. The third kappa shape index (κ3) is 4.73. The van der Waals surface area contributed by atoms with Crippen molar-refractivity contribution in [1.82, 2.24) is 0 Å². The normalized spacial score (nSPS) is 8.87. The minimum atomic E-state index is 0.260. The monoisotopic (exact) mass is 236 g/mol. The summed E-state index contributed by atoms with van der Waals surface area (Å²) >= 11 is 8.83. The van der Waals surface area contributed by atoms with Gasteiger partial charge in [0.15, 0.2) is 5.11 Å².